The zero-order valence-corrected chi connectivity index (χ0v) is 37.0. The molecule has 0 amide bonds. The van der Waals surface area contributed by atoms with Gasteiger partial charge in [0.1, 0.15) is 31.0 Å². The quantitative estimate of drug-likeness (QED) is 0.0269. The van der Waals surface area contributed by atoms with E-state index in [-0.39, 0.29) is 26.1 Å². The number of carbonyl (C=O) groups is 2. The van der Waals surface area contributed by atoms with Crippen LogP contribution in [0.2, 0.25) is 0 Å². The van der Waals surface area contributed by atoms with Crippen molar-refractivity contribution in [3.8, 4) is 0 Å². The number of unbranched alkanes of at least 4 members (excludes halogenated alkanes) is 21. The molecule has 59 heavy (non-hydrogen) atoms. The number of hydrogen-bond acceptors (Lipinski definition) is 10. The SMILES string of the molecule is CC/C=C/C=C/C=C/C=C/C=C/CCCC(=O)OC(COC(=O)CCCCCCCCCCCCCCCCCCCCCCC)CO[C@H]1O[C@@H](CO)[C@@H](O)C(O)C1O. The summed E-state index contributed by atoms with van der Waals surface area (Å²) < 4.78 is 22.1. The Morgan fingerprint density at radius 1 is 0.542 bits per heavy atom. The molecule has 0 aromatic rings. The van der Waals surface area contributed by atoms with E-state index in [0.29, 0.717) is 12.8 Å². The molecule has 0 spiro atoms. The molecule has 3 unspecified atom stereocenters. The lowest BCUT2D eigenvalue weighted by Gasteiger charge is -2.39. The first-order chi connectivity index (χ1) is 28.8. The van der Waals surface area contributed by atoms with Crippen LogP contribution in [0.15, 0.2) is 60.8 Å². The molecule has 10 nitrogen and oxygen atoms in total. The number of ether oxygens (including phenoxy) is 4. The first kappa shape index (κ1) is 54.4. The van der Waals surface area contributed by atoms with Gasteiger partial charge in [0.05, 0.1) is 13.2 Å². The molecule has 1 saturated heterocycles. The van der Waals surface area contributed by atoms with Gasteiger partial charge in [-0.25, -0.2) is 0 Å². The number of aliphatic hydroxyl groups excluding tert-OH is 4. The van der Waals surface area contributed by atoms with Crippen LogP contribution in [-0.2, 0) is 28.5 Å². The summed E-state index contributed by atoms with van der Waals surface area (Å²) in [5, 5.41) is 40.1. The van der Waals surface area contributed by atoms with E-state index in [1.54, 1.807) is 0 Å². The second-order valence-electron chi connectivity index (χ2n) is 16.0. The van der Waals surface area contributed by atoms with Crippen molar-refractivity contribution in [1.82, 2.24) is 0 Å². The van der Waals surface area contributed by atoms with Gasteiger partial charge in [-0.05, 0) is 25.7 Å². The van der Waals surface area contributed by atoms with Gasteiger partial charge in [-0.1, -0.05) is 203 Å². The Kier molecular flexibility index (Phi) is 36.5. The van der Waals surface area contributed by atoms with E-state index in [0.717, 1.165) is 25.7 Å². The predicted octanol–water partition coefficient (Wildman–Crippen LogP) is 10.2. The van der Waals surface area contributed by atoms with Crippen LogP contribution in [0.3, 0.4) is 0 Å². The topological polar surface area (TPSA) is 152 Å². The second-order valence-corrected chi connectivity index (χ2v) is 16.0. The van der Waals surface area contributed by atoms with Crippen molar-refractivity contribution in [2.75, 3.05) is 19.8 Å². The second kappa shape index (κ2) is 39.5. The van der Waals surface area contributed by atoms with Gasteiger partial charge in [-0.2, -0.15) is 0 Å². The van der Waals surface area contributed by atoms with Crippen LogP contribution in [-0.4, -0.2) is 89.0 Å². The Balaban J connectivity index is 2.30. The highest BCUT2D eigenvalue weighted by Gasteiger charge is 2.44. The van der Waals surface area contributed by atoms with Crippen molar-refractivity contribution < 1.29 is 49.0 Å². The summed E-state index contributed by atoms with van der Waals surface area (Å²) in [5.41, 5.74) is 0. The standard InChI is InChI=1S/C49H84O10/c1-3-5-7-9-11-13-15-17-18-19-20-21-22-23-24-26-27-29-31-33-35-37-44(51)56-40-42(41-57-49-48(55)47(54)46(53)43(39-50)59-49)58-45(52)38-36-34-32-30-28-25-16-14-12-10-8-6-4-2/h6,8,10,12,14,16,25,28,30,32,42-43,46-50,53-55H,3-5,7,9,11,13,15,17-24,26-27,29,31,33-41H2,1-2H3/b8-6+,12-10+,16-14+,28-25+,32-30+/t42?,43-,46+,47?,48?,49-/m0/s1. The highest BCUT2D eigenvalue weighted by molar-refractivity contribution is 5.70. The fourth-order valence-corrected chi connectivity index (χ4v) is 6.87. The summed E-state index contributed by atoms with van der Waals surface area (Å²) in [6, 6.07) is 0. The number of rotatable bonds is 38. The molecule has 0 aliphatic carbocycles. The molecule has 0 bridgehead atoms. The van der Waals surface area contributed by atoms with Crippen LogP contribution < -0.4 is 0 Å². The Labute approximate surface area is 358 Å². The Morgan fingerprint density at radius 3 is 1.49 bits per heavy atom. The van der Waals surface area contributed by atoms with E-state index in [1.165, 1.54) is 116 Å². The molecular formula is C49H84O10. The molecule has 6 atom stereocenters. The van der Waals surface area contributed by atoms with E-state index >= 15 is 0 Å². The molecule has 340 valence electrons. The molecule has 4 N–H and O–H groups in total. The van der Waals surface area contributed by atoms with E-state index in [9.17, 15) is 30.0 Å². The molecular weight excluding hydrogens is 749 g/mol. The number of carbonyl (C=O) groups excluding carboxylic acids is 2. The molecule has 1 aliphatic rings. The van der Waals surface area contributed by atoms with Crippen LogP contribution >= 0.6 is 0 Å². The smallest absolute Gasteiger partial charge is 0.306 e. The van der Waals surface area contributed by atoms with Crippen molar-refractivity contribution in [2.45, 2.75) is 218 Å². The fourth-order valence-electron chi connectivity index (χ4n) is 6.87. The van der Waals surface area contributed by atoms with Crippen molar-refractivity contribution >= 4 is 11.9 Å². The van der Waals surface area contributed by atoms with Crippen LogP contribution in [0.1, 0.15) is 181 Å². The minimum absolute atomic E-state index is 0.133. The fraction of sp³-hybridized carbons (Fsp3) is 0.755. The molecule has 0 aromatic heterocycles. The van der Waals surface area contributed by atoms with Gasteiger partial charge in [-0.3, -0.25) is 9.59 Å². The molecule has 0 saturated carbocycles. The molecule has 1 aliphatic heterocycles. The van der Waals surface area contributed by atoms with Gasteiger partial charge >= 0.3 is 11.9 Å². The van der Waals surface area contributed by atoms with Gasteiger partial charge in [-0.15, -0.1) is 0 Å². The summed E-state index contributed by atoms with van der Waals surface area (Å²) in [7, 11) is 0. The Bertz CT molecular complexity index is 1150. The maximum Gasteiger partial charge on any atom is 0.306 e. The average Bonchev–Trinajstić information content (AvgIpc) is 3.23. The van der Waals surface area contributed by atoms with Gasteiger partial charge in [0.15, 0.2) is 12.4 Å². The first-order valence-electron chi connectivity index (χ1n) is 23.4. The Hall–Kier alpha value is -2.60. The van der Waals surface area contributed by atoms with Gasteiger partial charge < -0.3 is 39.4 Å². The largest absolute Gasteiger partial charge is 0.462 e. The van der Waals surface area contributed by atoms with E-state index in [2.05, 4.69) is 19.9 Å². The van der Waals surface area contributed by atoms with Crippen LogP contribution in [0.5, 0.6) is 0 Å². The van der Waals surface area contributed by atoms with E-state index in [4.69, 9.17) is 18.9 Å². The molecule has 0 radical (unpaired) electrons. The third kappa shape index (κ3) is 31.0. The summed E-state index contributed by atoms with van der Waals surface area (Å²) in [4.78, 5) is 25.3. The monoisotopic (exact) mass is 833 g/mol. The third-order valence-electron chi connectivity index (χ3n) is 10.5. The number of esters is 2. The first-order valence-corrected chi connectivity index (χ1v) is 23.4. The molecule has 1 heterocycles. The molecule has 1 fully saturated rings. The lowest BCUT2D eigenvalue weighted by Crippen LogP contribution is -2.59. The molecule has 0 aromatic carbocycles. The third-order valence-corrected chi connectivity index (χ3v) is 10.5. The van der Waals surface area contributed by atoms with Crippen molar-refractivity contribution in [3.05, 3.63) is 60.8 Å². The van der Waals surface area contributed by atoms with E-state index in [1.807, 2.05) is 54.7 Å². The normalized spacial score (nSPS) is 20.5. The van der Waals surface area contributed by atoms with Crippen LogP contribution in [0.25, 0.3) is 0 Å². The maximum absolute atomic E-state index is 12.7. The highest BCUT2D eigenvalue weighted by Crippen LogP contribution is 2.23. The lowest BCUT2D eigenvalue weighted by atomic mass is 9.99. The number of allylic oxidation sites excluding steroid dienone is 10. The zero-order valence-electron chi connectivity index (χ0n) is 37.0. The van der Waals surface area contributed by atoms with Crippen molar-refractivity contribution in [2.24, 2.45) is 0 Å². The zero-order chi connectivity index (χ0) is 43.0. The summed E-state index contributed by atoms with van der Waals surface area (Å²) >= 11 is 0. The van der Waals surface area contributed by atoms with Gasteiger partial charge in [0.2, 0.25) is 0 Å². The van der Waals surface area contributed by atoms with Crippen LogP contribution in [0.4, 0.5) is 0 Å². The predicted molar refractivity (Wildman–Crippen MR) is 238 cm³/mol. The van der Waals surface area contributed by atoms with E-state index < -0.39 is 55.4 Å². The van der Waals surface area contributed by atoms with Gasteiger partial charge in [0, 0.05) is 12.8 Å². The minimum Gasteiger partial charge on any atom is -0.462 e. The van der Waals surface area contributed by atoms with Crippen molar-refractivity contribution in [3.63, 3.8) is 0 Å². The number of aliphatic hydroxyl groups is 4. The summed E-state index contributed by atoms with van der Waals surface area (Å²) in [6.07, 6.45) is 41.1. The highest BCUT2D eigenvalue weighted by atomic mass is 16.7. The summed E-state index contributed by atoms with van der Waals surface area (Å²) in [6.45, 7) is 3.21. The minimum atomic E-state index is -1.61. The molecule has 1 rings (SSSR count). The van der Waals surface area contributed by atoms with Crippen molar-refractivity contribution in [1.29, 1.82) is 0 Å². The average molecular weight is 833 g/mol. The summed E-state index contributed by atoms with van der Waals surface area (Å²) in [5.74, 6) is -0.891. The Morgan fingerprint density at radius 2 is 1.00 bits per heavy atom. The van der Waals surface area contributed by atoms with Crippen LogP contribution in [0, 0.1) is 0 Å². The lowest BCUT2D eigenvalue weighted by molar-refractivity contribution is -0.305. The molecule has 10 heteroatoms. The number of hydrogen-bond donors (Lipinski definition) is 4. The maximum atomic E-state index is 12.7. The van der Waals surface area contributed by atoms with Gasteiger partial charge in [0.25, 0.3) is 0 Å².